The van der Waals surface area contributed by atoms with Crippen molar-refractivity contribution in [2.45, 2.75) is 19.4 Å². The van der Waals surface area contributed by atoms with E-state index < -0.39 is 0 Å². The lowest BCUT2D eigenvalue weighted by Crippen LogP contribution is -2.20. The van der Waals surface area contributed by atoms with Gasteiger partial charge in [0.05, 0.1) is 26.1 Å². The molecule has 3 aromatic rings. The van der Waals surface area contributed by atoms with Gasteiger partial charge in [-0.15, -0.1) is 0 Å². The molecule has 3 aromatic carbocycles. The zero-order valence-corrected chi connectivity index (χ0v) is 19.1. The first-order valence-electron chi connectivity index (χ1n) is 10.7. The summed E-state index contributed by atoms with van der Waals surface area (Å²) < 4.78 is 16.4. The van der Waals surface area contributed by atoms with Crippen LogP contribution in [0.3, 0.4) is 0 Å². The Morgan fingerprint density at radius 1 is 0.824 bits per heavy atom. The number of nitrogens with zero attached hydrogens (tertiary/aromatic N) is 1. The van der Waals surface area contributed by atoms with E-state index in [9.17, 15) is 9.59 Å². The number of hydrazone groups is 1. The molecule has 0 unspecified atom stereocenters. The molecule has 0 spiro atoms. The molecule has 0 aliphatic rings. The van der Waals surface area contributed by atoms with E-state index in [4.69, 9.17) is 14.2 Å². The molecule has 0 aromatic heterocycles. The van der Waals surface area contributed by atoms with Crippen molar-refractivity contribution in [3.63, 3.8) is 0 Å². The molecule has 176 valence electrons. The van der Waals surface area contributed by atoms with Crippen molar-refractivity contribution >= 4 is 23.7 Å². The summed E-state index contributed by atoms with van der Waals surface area (Å²) in [7, 11) is 3.08. The third kappa shape index (κ3) is 7.37. The minimum Gasteiger partial charge on any atom is -0.495 e. The van der Waals surface area contributed by atoms with Gasteiger partial charge in [-0.25, -0.2) is 5.43 Å². The van der Waals surface area contributed by atoms with Crippen LogP contribution in [0.2, 0.25) is 0 Å². The molecule has 8 heteroatoms. The number of nitrogens with one attached hydrogen (secondary N) is 2. The third-order valence-electron chi connectivity index (χ3n) is 4.79. The van der Waals surface area contributed by atoms with Crippen LogP contribution in [0.5, 0.6) is 17.2 Å². The summed E-state index contributed by atoms with van der Waals surface area (Å²) in [6, 6.07) is 22.2. The lowest BCUT2D eigenvalue weighted by Gasteiger charge is -2.11. The van der Waals surface area contributed by atoms with Gasteiger partial charge in [-0.3, -0.25) is 9.59 Å². The van der Waals surface area contributed by atoms with Gasteiger partial charge >= 0.3 is 0 Å². The number of anilines is 1. The molecule has 0 saturated carbocycles. The Labute approximate surface area is 198 Å². The molecule has 8 nitrogen and oxygen atoms in total. The maximum absolute atomic E-state index is 12.1. The summed E-state index contributed by atoms with van der Waals surface area (Å²) in [5.41, 5.74) is 4.75. The number of benzene rings is 3. The van der Waals surface area contributed by atoms with E-state index in [1.165, 1.54) is 13.3 Å². The lowest BCUT2D eigenvalue weighted by molar-refractivity contribution is -0.124. The Balaban J connectivity index is 1.46. The Bertz CT molecular complexity index is 1130. The highest BCUT2D eigenvalue weighted by Crippen LogP contribution is 2.28. The van der Waals surface area contributed by atoms with Gasteiger partial charge in [0.2, 0.25) is 11.8 Å². The highest BCUT2D eigenvalue weighted by molar-refractivity contribution is 5.94. The second kappa shape index (κ2) is 12.6. The van der Waals surface area contributed by atoms with E-state index >= 15 is 0 Å². The van der Waals surface area contributed by atoms with Crippen molar-refractivity contribution in [3.8, 4) is 17.2 Å². The number of carbonyl (C=O) groups excluding carboxylic acids is 2. The smallest absolute Gasteiger partial charge is 0.240 e. The first-order chi connectivity index (χ1) is 16.6. The van der Waals surface area contributed by atoms with Crippen molar-refractivity contribution in [1.29, 1.82) is 0 Å². The number of ether oxygens (including phenoxy) is 3. The van der Waals surface area contributed by atoms with Gasteiger partial charge in [-0.2, -0.15) is 5.10 Å². The fourth-order valence-electron chi connectivity index (χ4n) is 3.04. The molecule has 34 heavy (non-hydrogen) atoms. The van der Waals surface area contributed by atoms with Crippen LogP contribution in [-0.4, -0.2) is 32.2 Å². The van der Waals surface area contributed by atoms with Crippen LogP contribution in [0, 0.1) is 0 Å². The summed E-state index contributed by atoms with van der Waals surface area (Å²) in [5, 5.41) is 6.69. The second-order valence-corrected chi connectivity index (χ2v) is 7.23. The quantitative estimate of drug-likeness (QED) is 0.330. The van der Waals surface area contributed by atoms with E-state index in [-0.39, 0.29) is 24.7 Å². The van der Waals surface area contributed by atoms with Gasteiger partial charge in [-0.05, 0) is 41.5 Å². The van der Waals surface area contributed by atoms with Crippen LogP contribution in [0.4, 0.5) is 5.69 Å². The molecular weight excluding hydrogens is 434 g/mol. The average molecular weight is 462 g/mol. The first kappa shape index (κ1) is 24.3. The maximum atomic E-state index is 12.1. The molecule has 0 bridgehead atoms. The maximum Gasteiger partial charge on any atom is 0.240 e. The summed E-state index contributed by atoms with van der Waals surface area (Å²) in [5.74, 6) is 1.05. The molecule has 0 aliphatic carbocycles. The number of amides is 2. The minimum absolute atomic E-state index is 0.00604. The Hall–Kier alpha value is -4.33. The van der Waals surface area contributed by atoms with E-state index in [1.54, 1.807) is 49.6 Å². The zero-order chi connectivity index (χ0) is 24.2. The molecular formula is C26H27N3O5. The SMILES string of the molecule is COc1ccccc1NC(=O)CCC(=O)NN=Cc1ccc(OCc2ccccc2)c(OC)c1. The summed E-state index contributed by atoms with van der Waals surface area (Å²) >= 11 is 0. The van der Waals surface area contributed by atoms with Gasteiger partial charge in [-0.1, -0.05) is 42.5 Å². The second-order valence-electron chi connectivity index (χ2n) is 7.23. The topological polar surface area (TPSA) is 98.2 Å². The molecule has 0 fully saturated rings. The summed E-state index contributed by atoms with van der Waals surface area (Å²) in [6.07, 6.45) is 1.50. The predicted molar refractivity (Wildman–Crippen MR) is 130 cm³/mol. The normalized spacial score (nSPS) is 10.5. The minimum atomic E-state index is -0.374. The number of methoxy groups -OCH3 is 2. The largest absolute Gasteiger partial charge is 0.495 e. The molecule has 2 amide bonds. The van der Waals surface area contributed by atoms with Crippen molar-refractivity contribution in [3.05, 3.63) is 83.9 Å². The standard InChI is InChI=1S/C26H27N3O5/c1-32-22-11-7-6-10-21(22)28-25(30)14-15-26(31)29-27-17-20-12-13-23(24(16-20)33-2)34-18-19-8-4-3-5-9-19/h3-13,16-17H,14-15,18H2,1-2H3,(H,28,30)(H,29,31). The Morgan fingerprint density at radius 2 is 1.53 bits per heavy atom. The van der Waals surface area contributed by atoms with Gasteiger partial charge in [0.25, 0.3) is 0 Å². The Morgan fingerprint density at radius 3 is 2.29 bits per heavy atom. The molecule has 0 heterocycles. The van der Waals surface area contributed by atoms with Gasteiger partial charge in [0.15, 0.2) is 11.5 Å². The molecule has 0 atom stereocenters. The van der Waals surface area contributed by atoms with Crippen molar-refractivity contribution in [1.82, 2.24) is 5.43 Å². The van der Waals surface area contributed by atoms with Gasteiger partial charge in [0, 0.05) is 12.8 Å². The molecule has 2 N–H and O–H groups in total. The lowest BCUT2D eigenvalue weighted by atomic mass is 10.2. The molecule has 3 rings (SSSR count). The monoisotopic (exact) mass is 461 g/mol. The molecule has 0 aliphatic heterocycles. The number of rotatable bonds is 11. The fraction of sp³-hybridized carbons (Fsp3) is 0.192. The molecule has 0 saturated heterocycles. The van der Waals surface area contributed by atoms with E-state index in [0.29, 0.717) is 29.5 Å². The Kier molecular flexibility index (Phi) is 9.04. The van der Waals surface area contributed by atoms with E-state index in [2.05, 4.69) is 15.8 Å². The van der Waals surface area contributed by atoms with Crippen LogP contribution >= 0.6 is 0 Å². The summed E-state index contributed by atoms with van der Waals surface area (Å²) in [4.78, 5) is 24.2. The predicted octanol–water partition coefficient (Wildman–Crippen LogP) is 4.15. The van der Waals surface area contributed by atoms with Crippen LogP contribution in [-0.2, 0) is 16.2 Å². The van der Waals surface area contributed by atoms with Crippen LogP contribution < -0.4 is 25.0 Å². The van der Waals surface area contributed by atoms with Crippen molar-refractivity contribution in [2.24, 2.45) is 5.10 Å². The van der Waals surface area contributed by atoms with Crippen LogP contribution in [0.25, 0.3) is 0 Å². The van der Waals surface area contributed by atoms with E-state index in [0.717, 1.165) is 11.1 Å². The number of para-hydroxylation sites is 2. The van der Waals surface area contributed by atoms with Gasteiger partial charge in [0.1, 0.15) is 12.4 Å². The average Bonchev–Trinajstić information content (AvgIpc) is 2.87. The van der Waals surface area contributed by atoms with Gasteiger partial charge < -0.3 is 19.5 Å². The van der Waals surface area contributed by atoms with E-state index in [1.807, 2.05) is 30.3 Å². The van der Waals surface area contributed by atoms with Crippen molar-refractivity contribution < 1.29 is 23.8 Å². The number of carbonyl (C=O) groups is 2. The van der Waals surface area contributed by atoms with Crippen LogP contribution in [0.1, 0.15) is 24.0 Å². The summed E-state index contributed by atoms with van der Waals surface area (Å²) in [6.45, 7) is 0.422. The van der Waals surface area contributed by atoms with Crippen molar-refractivity contribution in [2.75, 3.05) is 19.5 Å². The number of hydrogen-bond acceptors (Lipinski definition) is 6. The zero-order valence-electron chi connectivity index (χ0n) is 19.1. The first-order valence-corrected chi connectivity index (χ1v) is 10.7. The number of hydrogen-bond donors (Lipinski definition) is 2. The third-order valence-corrected chi connectivity index (χ3v) is 4.79. The fourth-order valence-corrected chi connectivity index (χ4v) is 3.04. The molecule has 0 radical (unpaired) electrons. The van der Waals surface area contributed by atoms with Crippen LogP contribution in [0.15, 0.2) is 77.9 Å². The highest BCUT2D eigenvalue weighted by Gasteiger charge is 2.10. The highest BCUT2D eigenvalue weighted by atomic mass is 16.5.